The topological polar surface area (TPSA) is 30.5 Å². The molecule has 0 aliphatic carbocycles. The molecule has 0 bridgehead atoms. The lowest BCUT2D eigenvalue weighted by Crippen LogP contribution is -2.32. The Hall–Kier alpha value is -0.580. The van der Waals surface area contributed by atoms with Crippen LogP contribution < -0.4 is 10.1 Å². The van der Waals surface area contributed by atoms with Crippen LogP contribution in [0.1, 0.15) is 43.9 Å². The quantitative estimate of drug-likeness (QED) is 0.908. The molecule has 1 aromatic rings. The highest BCUT2D eigenvalue weighted by molar-refractivity contribution is 9.10. The SMILES string of the molecule is CCNC(c1cc(Br)cc2c1OCC2)C1CCC(C)O1. The molecule has 1 aromatic carbocycles. The number of fused-ring (bicyclic) bond motifs is 1. The smallest absolute Gasteiger partial charge is 0.127 e. The summed E-state index contributed by atoms with van der Waals surface area (Å²) < 4.78 is 13.1. The van der Waals surface area contributed by atoms with Gasteiger partial charge in [0, 0.05) is 16.5 Å². The molecular weight excluding hydrogens is 318 g/mol. The number of rotatable bonds is 4. The van der Waals surface area contributed by atoms with Crippen molar-refractivity contribution in [2.24, 2.45) is 0 Å². The summed E-state index contributed by atoms with van der Waals surface area (Å²) >= 11 is 3.63. The average molecular weight is 340 g/mol. The van der Waals surface area contributed by atoms with Crippen LogP contribution in [0.15, 0.2) is 16.6 Å². The van der Waals surface area contributed by atoms with Crippen molar-refractivity contribution in [3.8, 4) is 5.75 Å². The van der Waals surface area contributed by atoms with Crippen LogP contribution in [0.3, 0.4) is 0 Å². The van der Waals surface area contributed by atoms with Gasteiger partial charge in [0.15, 0.2) is 0 Å². The predicted octanol–water partition coefficient (Wildman–Crippen LogP) is 3.60. The van der Waals surface area contributed by atoms with E-state index < -0.39 is 0 Å². The molecule has 2 heterocycles. The molecule has 20 heavy (non-hydrogen) atoms. The van der Waals surface area contributed by atoms with Crippen molar-refractivity contribution in [3.05, 3.63) is 27.7 Å². The summed E-state index contributed by atoms with van der Waals surface area (Å²) in [6.45, 7) is 6.02. The lowest BCUT2D eigenvalue weighted by Gasteiger charge is -2.26. The van der Waals surface area contributed by atoms with Crippen LogP contribution in [0.25, 0.3) is 0 Å². The second-order valence-corrected chi connectivity index (χ2v) is 6.60. The lowest BCUT2D eigenvalue weighted by molar-refractivity contribution is 0.0314. The Balaban J connectivity index is 1.95. The van der Waals surface area contributed by atoms with Gasteiger partial charge in [-0.05, 0) is 44.0 Å². The second kappa shape index (κ2) is 6.04. The third kappa shape index (κ3) is 2.74. The Bertz CT molecular complexity index is 492. The molecule has 0 saturated carbocycles. The number of benzene rings is 1. The van der Waals surface area contributed by atoms with Gasteiger partial charge in [0.2, 0.25) is 0 Å². The zero-order valence-electron chi connectivity index (χ0n) is 12.1. The van der Waals surface area contributed by atoms with E-state index in [-0.39, 0.29) is 12.1 Å². The average Bonchev–Trinajstić information content (AvgIpc) is 3.03. The van der Waals surface area contributed by atoms with Crippen molar-refractivity contribution in [2.45, 2.75) is 51.4 Å². The number of hydrogen-bond donors (Lipinski definition) is 1. The van der Waals surface area contributed by atoms with Crippen molar-refractivity contribution in [3.63, 3.8) is 0 Å². The third-order valence-corrected chi connectivity index (χ3v) is 4.63. The molecule has 0 aromatic heterocycles. The Morgan fingerprint density at radius 1 is 1.40 bits per heavy atom. The van der Waals surface area contributed by atoms with Crippen molar-refractivity contribution in [2.75, 3.05) is 13.2 Å². The Morgan fingerprint density at radius 3 is 2.95 bits per heavy atom. The van der Waals surface area contributed by atoms with E-state index in [1.165, 1.54) is 11.1 Å². The van der Waals surface area contributed by atoms with Crippen LogP contribution in [0.2, 0.25) is 0 Å². The summed E-state index contributed by atoms with van der Waals surface area (Å²) in [7, 11) is 0. The number of nitrogens with one attached hydrogen (secondary N) is 1. The molecule has 0 amide bonds. The van der Waals surface area contributed by atoms with Crippen molar-refractivity contribution < 1.29 is 9.47 Å². The van der Waals surface area contributed by atoms with Crippen molar-refractivity contribution in [1.82, 2.24) is 5.32 Å². The largest absolute Gasteiger partial charge is 0.493 e. The molecule has 3 nitrogen and oxygen atoms in total. The van der Waals surface area contributed by atoms with E-state index >= 15 is 0 Å². The van der Waals surface area contributed by atoms with Gasteiger partial charge in [-0.25, -0.2) is 0 Å². The summed E-state index contributed by atoms with van der Waals surface area (Å²) in [5.74, 6) is 1.07. The summed E-state index contributed by atoms with van der Waals surface area (Å²) in [5, 5.41) is 3.59. The third-order valence-electron chi connectivity index (χ3n) is 4.17. The fraction of sp³-hybridized carbons (Fsp3) is 0.625. The fourth-order valence-electron chi connectivity index (χ4n) is 3.27. The molecule has 4 heteroatoms. The molecule has 2 aliphatic heterocycles. The predicted molar refractivity (Wildman–Crippen MR) is 83.3 cm³/mol. The molecule has 110 valence electrons. The molecule has 1 saturated heterocycles. The van der Waals surface area contributed by atoms with E-state index in [1.54, 1.807) is 0 Å². The highest BCUT2D eigenvalue weighted by Crippen LogP contribution is 2.40. The lowest BCUT2D eigenvalue weighted by atomic mass is 9.96. The molecule has 1 N–H and O–H groups in total. The number of halogens is 1. The maximum Gasteiger partial charge on any atom is 0.127 e. The highest BCUT2D eigenvalue weighted by atomic mass is 79.9. The van der Waals surface area contributed by atoms with Gasteiger partial charge in [-0.3, -0.25) is 0 Å². The van der Waals surface area contributed by atoms with Gasteiger partial charge < -0.3 is 14.8 Å². The number of ether oxygens (including phenoxy) is 2. The van der Waals surface area contributed by atoms with Gasteiger partial charge >= 0.3 is 0 Å². The van der Waals surface area contributed by atoms with Crippen LogP contribution in [-0.4, -0.2) is 25.4 Å². The first kappa shape index (κ1) is 14.4. The van der Waals surface area contributed by atoms with Gasteiger partial charge in [-0.15, -0.1) is 0 Å². The molecule has 2 aliphatic rings. The minimum Gasteiger partial charge on any atom is -0.493 e. The Labute approximate surface area is 129 Å². The van der Waals surface area contributed by atoms with Crippen molar-refractivity contribution >= 4 is 15.9 Å². The van der Waals surface area contributed by atoms with E-state index in [0.29, 0.717) is 6.10 Å². The minimum absolute atomic E-state index is 0.217. The van der Waals surface area contributed by atoms with Gasteiger partial charge in [0.1, 0.15) is 5.75 Å². The monoisotopic (exact) mass is 339 g/mol. The van der Waals surface area contributed by atoms with E-state index in [2.05, 4.69) is 47.2 Å². The van der Waals surface area contributed by atoms with E-state index in [4.69, 9.17) is 9.47 Å². The number of likely N-dealkylation sites (N-methyl/N-ethyl adjacent to an activating group) is 1. The fourth-order valence-corrected chi connectivity index (χ4v) is 3.79. The summed E-state index contributed by atoms with van der Waals surface area (Å²) in [6.07, 6.45) is 3.86. The van der Waals surface area contributed by atoms with Gasteiger partial charge in [0.05, 0.1) is 24.9 Å². The van der Waals surface area contributed by atoms with Gasteiger partial charge in [0.25, 0.3) is 0 Å². The molecular formula is C16H22BrNO2. The summed E-state index contributed by atoms with van der Waals surface area (Å²) in [4.78, 5) is 0. The van der Waals surface area contributed by atoms with Crippen LogP contribution in [0, 0.1) is 0 Å². The zero-order valence-corrected chi connectivity index (χ0v) is 13.7. The molecule has 1 fully saturated rings. The summed E-state index contributed by atoms with van der Waals surface area (Å²) in [6, 6.07) is 4.57. The normalized spacial score (nSPS) is 26.4. The highest BCUT2D eigenvalue weighted by Gasteiger charge is 2.33. The standard InChI is InChI=1S/C16H22BrNO2/c1-3-18-15(14-5-4-10(2)20-14)13-9-12(17)8-11-6-7-19-16(11)13/h8-10,14-15,18H,3-7H2,1-2H3. The van der Waals surface area contributed by atoms with Crippen LogP contribution in [0.4, 0.5) is 0 Å². The van der Waals surface area contributed by atoms with Gasteiger partial charge in [-0.2, -0.15) is 0 Å². The molecule has 0 radical (unpaired) electrons. The maximum absolute atomic E-state index is 6.10. The van der Waals surface area contributed by atoms with Crippen molar-refractivity contribution in [1.29, 1.82) is 0 Å². The van der Waals surface area contributed by atoms with E-state index in [1.807, 2.05) is 0 Å². The summed E-state index contributed by atoms with van der Waals surface area (Å²) in [5.41, 5.74) is 2.55. The van der Waals surface area contributed by atoms with E-state index in [0.717, 1.165) is 42.6 Å². The molecule has 0 spiro atoms. The first-order valence-electron chi connectivity index (χ1n) is 7.53. The minimum atomic E-state index is 0.217. The van der Waals surface area contributed by atoms with Crippen LogP contribution in [0.5, 0.6) is 5.75 Å². The Kier molecular flexibility index (Phi) is 4.34. The number of hydrogen-bond acceptors (Lipinski definition) is 3. The first-order valence-corrected chi connectivity index (χ1v) is 8.32. The maximum atomic E-state index is 6.10. The Morgan fingerprint density at radius 2 is 2.25 bits per heavy atom. The zero-order chi connectivity index (χ0) is 14.1. The van der Waals surface area contributed by atoms with Gasteiger partial charge in [-0.1, -0.05) is 22.9 Å². The molecule has 3 atom stereocenters. The first-order chi connectivity index (χ1) is 9.69. The molecule has 3 rings (SSSR count). The second-order valence-electron chi connectivity index (χ2n) is 5.68. The van der Waals surface area contributed by atoms with E-state index in [9.17, 15) is 0 Å². The molecule has 3 unspecified atom stereocenters. The van der Waals surface area contributed by atoms with Crippen LogP contribution >= 0.6 is 15.9 Å². The van der Waals surface area contributed by atoms with Crippen LogP contribution in [-0.2, 0) is 11.2 Å².